The number of methoxy groups -OCH3 is 1. The van der Waals surface area contributed by atoms with E-state index in [-0.39, 0.29) is 24.8 Å². The first-order valence-corrected chi connectivity index (χ1v) is 8.51. The van der Waals surface area contributed by atoms with E-state index in [4.69, 9.17) is 4.74 Å². The van der Waals surface area contributed by atoms with E-state index in [0.717, 1.165) is 36.2 Å². The third kappa shape index (κ3) is 4.45. The second kappa shape index (κ2) is 9.33. The molecule has 4 nitrogen and oxygen atoms in total. The highest BCUT2D eigenvalue weighted by atomic mass is 79.9. The van der Waals surface area contributed by atoms with E-state index in [1.807, 2.05) is 6.07 Å². The van der Waals surface area contributed by atoms with Gasteiger partial charge in [-0.25, -0.2) is 0 Å². The van der Waals surface area contributed by atoms with Crippen molar-refractivity contribution < 1.29 is 9.84 Å². The Morgan fingerprint density at radius 3 is 2.43 bits per heavy atom. The maximum absolute atomic E-state index is 10.6. The molecule has 1 saturated heterocycles. The predicted molar refractivity (Wildman–Crippen MR) is 101 cm³/mol. The molecule has 1 heterocycles. The molecule has 0 amide bonds. The average molecular weight is 428 g/mol. The molecule has 1 atom stereocenters. The highest BCUT2D eigenvalue weighted by Gasteiger charge is 2.35. The van der Waals surface area contributed by atoms with Gasteiger partial charge in [0.25, 0.3) is 0 Å². The maximum Gasteiger partial charge on any atom is 0.162 e. The fourth-order valence-corrected chi connectivity index (χ4v) is 3.89. The first-order valence-electron chi connectivity index (χ1n) is 7.72. The second-order valence-corrected chi connectivity index (χ2v) is 6.88. The molecule has 0 bridgehead atoms. The standard InChI is InChI=1S/C16H23BrN2O2.2ClH/c1-21-14-10-12(17)9-13(16(14)20)15(11-3-2-4-11)19-7-5-18-6-8-19;;/h9-11,15,18,20H,2-8H2,1H3;2*1H/t15-;;/m0../s1. The summed E-state index contributed by atoms with van der Waals surface area (Å²) < 4.78 is 6.29. The molecule has 0 spiro atoms. The molecule has 0 unspecified atom stereocenters. The molecule has 1 aromatic rings. The summed E-state index contributed by atoms with van der Waals surface area (Å²) in [6.45, 7) is 4.12. The van der Waals surface area contributed by atoms with Crippen LogP contribution in [-0.4, -0.2) is 43.3 Å². The molecule has 132 valence electrons. The van der Waals surface area contributed by atoms with Crippen molar-refractivity contribution >= 4 is 40.7 Å². The van der Waals surface area contributed by atoms with Crippen molar-refractivity contribution in [1.82, 2.24) is 10.2 Å². The number of phenols is 1. The second-order valence-electron chi connectivity index (χ2n) is 5.97. The number of nitrogens with one attached hydrogen (secondary N) is 1. The van der Waals surface area contributed by atoms with Gasteiger partial charge in [-0.1, -0.05) is 22.4 Å². The van der Waals surface area contributed by atoms with Crippen molar-refractivity contribution in [3.63, 3.8) is 0 Å². The van der Waals surface area contributed by atoms with E-state index in [0.29, 0.717) is 23.5 Å². The van der Waals surface area contributed by atoms with Crippen molar-refractivity contribution in [2.45, 2.75) is 25.3 Å². The zero-order valence-corrected chi connectivity index (χ0v) is 16.5. The Labute approximate surface area is 158 Å². The van der Waals surface area contributed by atoms with Crippen molar-refractivity contribution in [2.75, 3.05) is 33.3 Å². The van der Waals surface area contributed by atoms with Crippen LogP contribution in [0, 0.1) is 5.92 Å². The van der Waals surface area contributed by atoms with Gasteiger partial charge < -0.3 is 15.2 Å². The van der Waals surface area contributed by atoms with E-state index in [2.05, 4.69) is 32.2 Å². The van der Waals surface area contributed by atoms with E-state index in [1.54, 1.807) is 7.11 Å². The minimum Gasteiger partial charge on any atom is -0.504 e. The molecule has 1 aromatic carbocycles. The summed E-state index contributed by atoms with van der Waals surface area (Å²) in [4.78, 5) is 2.52. The lowest BCUT2D eigenvalue weighted by Gasteiger charge is -2.43. The molecule has 1 aliphatic heterocycles. The normalized spacial score (nSPS) is 19.9. The van der Waals surface area contributed by atoms with Gasteiger partial charge in [-0.3, -0.25) is 4.90 Å². The SMILES string of the molecule is COc1cc(Br)cc([C@H](C2CCC2)N2CCNCC2)c1O.Cl.Cl. The number of benzene rings is 1. The number of hydrogen-bond donors (Lipinski definition) is 2. The lowest BCUT2D eigenvalue weighted by atomic mass is 9.76. The summed E-state index contributed by atoms with van der Waals surface area (Å²) in [5, 5.41) is 14.0. The minimum absolute atomic E-state index is 0. The maximum atomic E-state index is 10.6. The zero-order chi connectivity index (χ0) is 14.8. The summed E-state index contributed by atoms with van der Waals surface area (Å²) in [6.07, 6.45) is 3.81. The van der Waals surface area contributed by atoms with Crippen LogP contribution >= 0.6 is 40.7 Å². The molecular weight excluding hydrogens is 403 g/mol. The average Bonchev–Trinajstić information content (AvgIpc) is 2.46. The summed E-state index contributed by atoms with van der Waals surface area (Å²) in [6, 6.07) is 4.18. The topological polar surface area (TPSA) is 44.7 Å². The fraction of sp³-hybridized carbons (Fsp3) is 0.625. The van der Waals surface area contributed by atoms with Gasteiger partial charge >= 0.3 is 0 Å². The predicted octanol–water partition coefficient (Wildman–Crippen LogP) is 3.75. The van der Waals surface area contributed by atoms with Gasteiger partial charge in [0.2, 0.25) is 0 Å². The molecule has 3 rings (SSSR count). The van der Waals surface area contributed by atoms with Crippen LogP contribution in [0.2, 0.25) is 0 Å². The first kappa shape index (κ1) is 20.8. The van der Waals surface area contributed by atoms with Gasteiger partial charge in [0.15, 0.2) is 11.5 Å². The smallest absolute Gasteiger partial charge is 0.162 e. The number of phenolic OH excluding ortho intramolecular Hbond substituents is 1. The van der Waals surface area contributed by atoms with Crippen LogP contribution in [0.5, 0.6) is 11.5 Å². The van der Waals surface area contributed by atoms with Crippen LogP contribution in [0.15, 0.2) is 16.6 Å². The minimum atomic E-state index is 0. The molecule has 2 fully saturated rings. The molecular formula is C16H25BrCl2N2O2. The van der Waals surface area contributed by atoms with Crippen LogP contribution in [0.3, 0.4) is 0 Å². The van der Waals surface area contributed by atoms with Crippen LogP contribution in [0.4, 0.5) is 0 Å². The van der Waals surface area contributed by atoms with E-state index < -0.39 is 0 Å². The summed E-state index contributed by atoms with van der Waals surface area (Å²) in [5.41, 5.74) is 1.01. The van der Waals surface area contributed by atoms with Gasteiger partial charge in [-0.2, -0.15) is 0 Å². The van der Waals surface area contributed by atoms with Gasteiger partial charge in [-0.05, 0) is 30.9 Å². The number of nitrogens with zero attached hydrogens (tertiary/aromatic N) is 1. The number of aromatic hydroxyl groups is 1. The lowest BCUT2D eigenvalue weighted by Crippen LogP contribution is -2.47. The van der Waals surface area contributed by atoms with E-state index >= 15 is 0 Å². The Morgan fingerprint density at radius 2 is 1.91 bits per heavy atom. The molecule has 2 aliphatic rings. The van der Waals surface area contributed by atoms with Crippen LogP contribution in [0.25, 0.3) is 0 Å². The number of ether oxygens (including phenoxy) is 1. The van der Waals surface area contributed by atoms with Crippen molar-refractivity contribution in [1.29, 1.82) is 0 Å². The number of piperazine rings is 1. The fourth-order valence-electron chi connectivity index (χ4n) is 3.44. The Bertz CT molecular complexity index is 509. The molecule has 0 radical (unpaired) electrons. The number of rotatable bonds is 4. The van der Waals surface area contributed by atoms with Crippen molar-refractivity contribution in [3.05, 3.63) is 22.2 Å². The number of hydrogen-bond acceptors (Lipinski definition) is 4. The Kier molecular flexibility index (Phi) is 8.45. The van der Waals surface area contributed by atoms with Crippen molar-refractivity contribution in [3.8, 4) is 11.5 Å². The van der Waals surface area contributed by atoms with E-state index in [9.17, 15) is 5.11 Å². The molecule has 1 aliphatic carbocycles. The summed E-state index contributed by atoms with van der Waals surface area (Å²) >= 11 is 3.55. The summed E-state index contributed by atoms with van der Waals surface area (Å²) in [5.74, 6) is 1.50. The number of halogens is 3. The zero-order valence-electron chi connectivity index (χ0n) is 13.3. The molecule has 7 heteroatoms. The Balaban J connectivity index is 0.00000132. The Hall–Kier alpha value is -0.200. The van der Waals surface area contributed by atoms with Gasteiger partial charge in [0.1, 0.15) is 0 Å². The van der Waals surface area contributed by atoms with Gasteiger partial charge in [-0.15, -0.1) is 24.8 Å². The van der Waals surface area contributed by atoms with Crippen LogP contribution < -0.4 is 10.1 Å². The van der Waals surface area contributed by atoms with Gasteiger partial charge in [0, 0.05) is 42.3 Å². The quantitative estimate of drug-likeness (QED) is 0.767. The molecule has 2 N–H and O–H groups in total. The highest BCUT2D eigenvalue weighted by Crippen LogP contribution is 2.47. The largest absolute Gasteiger partial charge is 0.504 e. The first-order chi connectivity index (χ1) is 10.2. The van der Waals surface area contributed by atoms with Crippen molar-refractivity contribution in [2.24, 2.45) is 5.92 Å². The Morgan fingerprint density at radius 1 is 1.26 bits per heavy atom. The molecule has 1 saturated carbocycles. The monoisotopic (exact) mass is 426 g/mol. The lowest BCUT2D eigenvalue weighted by molar-refractivity contribution is 0.0816. The molecule has 0 aromatic heterocycles. The van der Waals surface area contributed by atoms with Crippen LogP contribution in [-0.2, 0) is 0 Å². The third-order valence-electron chi connectivity index (χ3n) is 4.75. The summed E-state index contributed by atoms with van der Waals surface area (Å²) in [7, 11) is 1.61. The van der Waals surface area contributed by atoms with Crippen LogP contribution in [0.1, 0.15) is 30.9 Å². The highest BCUT2D eigenvalue weighted by molar-refractivity contribution is 9.10. The molecule has 23 heavy (non-hydrogen) atoms. The van der Waals surface area contributed by atoms with E-state index in [1.165, 1.54) is 19.3 Å². The third-order valence-corrected chi connectivity index (χ3v) is 5.21. The van der Waals surface area contributed by atoms with Gasteiger partial charge in [0.05, 0.1) is 7.11 Å².